The minimum absolute atomic E-state index is 0.0343. The molecule has 1 saturated heterocycles. The van der Waals surface area contributed by atoms with Crippen molar-refractivity contribution in [3.63, 3.8) is 0 Å². The molecule has 0 bridgehead atoms. The van der Waals surface area contributed by atoms with Crippen molar-refractivity contribution < 1.29 is 14.6 Å². The number of allylic oxidation sites excluding steroid dienone is 1. The summed E-state index contributed by atoms with van der Waals surface area (Å²) in [6.45, 7) is 7.85. The van der Waals surface area contributed by atoms with Crippen LogP contribution in [0.4, 0.5) is 0 Å². The van der Waals surface area contributed by atoms with E-state index in [4.69, 9.17) is 4.74 Å². The van der Waals surface area contributed by atoms with Crippen molar-refractivity contribution in [2.24, 2.45) is 17.8 Å². The first kappa shape index (κ1) is 13.2. The van der Waals surface area contributed by atoms with Gasteiger partial charge in [0.2, 0.25) is 0 Å². The van der Waals surface area contributed by atoms with Crippen LogP contribution in [-0.4, -0.2) is 23.3 Å². The molecule has 92 valence electrons. The molecule has 1 rings (SSSR count). The molecule has 1 aliphatic heterocycles. The Morgan fingerprint density at radius 3 is 2.69 bits per heavy atom. The number of cyclic esters (lactones) is 1. The van der Waals surface area contributed by atoms with Gasteiger partial charge in [0.1, 0.15) is 6.10 Å². The number of aliphatic hydroxyl groups is 1. The zero-order valence-corrected chi connectivity index (χ0v) is 10.5. The van der Waals surface area contributed by atoms with Crippen LogP contribution in [0, 0.1) is 17.8 Å². The van der Waals surface area contributed by atoms with Crippen LogP contribution in [0.3, 0.4) is 0 Å². The quantitative estimate of drug-likeness (QED) is 0.592. The van der Waals surface area contributed by atoms with Crippen LogP contribution in [0.15, 0.2) is 12.2 Å². The molecule has 0 aliphatic carbocycles. The van der Waals surface area contributed by atoms with Gasteiger partial charge in [0, 0.05) is 5.92 Å². The fourth-order valence-corrected chi connectivity index (χ4v) is 1.79. The number of esters is 1. The molecule has 1 aliphatic rings. The smallest absolute Gasteiger partial charge is 0.311 e. The minimum Gasteiger partial charge on any atom is -0.457 e. The summed E-state index contributed by atoms with van der Waals surface area (Å²) >= 11 is 0. The number of aliphatic hydroxyl groups excluding tert-OH is 1. The number of carbonyl (C=O) groups is 1. The summed E-state index contributed by atoms with van der Waals surface area (Å²) in [5.41, 5.74) is 0. The normalized spacial score (nSPS) is 37.4. The summed E-state index contributed by atoms with van der Waals surface area (Å²) in [7, 11) is 0. The van der Waals surface area contributed by atoms with Gasteiger partial charge in [-0.05, 0) is 18.9 Å². The Morgan fingerprint density at radius 2 is 2.12 bits per heavy atom. The van der Waals surface area contributed by atoms with Gasteiger partial charge in [-0.15, -0.1) is 0 Å². The highest BCUT2D eigenvalue weighted by Gasteiger charge is 2.39. The zero-order valence-electron chi connectivity index (χ0n) is 10.5. The first-order valence-electron chi connectivity index (χ1n) is 6.04. The summed E-state index contributed by atoms with van der Waals surface area (Å²) in [4.78, 5) is 11.5. The lowest BCUT2D eigenvalue weighted by Gasteiger charge is -2.34. The predicted molar refractivity (Wildman–Crippen MR) is 62.8 cm³/mol. The van der Waals surface area contributed by atoms with Gasteiger partial charge in [-0.2, -0.15) is 0 Å². The molecule has 16 heavy (non-hydrogen) atoms. The second-order valence-electron chi connectivity index (χ2n) is 4.81. The second-order valence-corrected chi connectivity index (χ2v) is 4.81. The van der Waals surface area contributed by atoms with Crippen molar-refractivity contribution in [2.45, 2.75) is 46.3 Å². The Hall–Kier alpha value is -0.830. The number of rotatable bonds is 3. The average Bonchev–Trinajstić information content (AvgIpc) is 2.28. The van der Waals surface area contributed by atoms with Crippen molar-refractivity contribution in [3.8, 4) is 0 Å². The zero-order chi connectivity index (χ0) is 12.3. The monoisotopic (exact) mass is 226 g/mol. The molecule has 0 aromatic rings. The maximum absolute atomic E-state index is 11.5. The Balaban J connectivity index is 2.67. The number of hydrogen-bond donors (Lipinski definition) is 1. The standard InChI is InChI=1S/C13H22O3/c1-5-8(2)6-7-11-9(3)12(14)10(4)13(15)16-11/h6-12,14H,5H2,1-4H3/b7-6-/t8-,9+,10+,11+,12+/m0/s1. The van der Waals surface area contributed by atoms with Gasteiger partial charge >= 0.3 is 5.97 Å². The average molecular weight is 226 g/mol. The van der Waals surface area contributed by atoms with E-state index >= 15 is 0 Å². The van der Waals surface area contributed by atoms with Gasteiger partial charge in [0.15, 0.2) is 0 Å². The van der Waals surface area contributed by atoms with Crippen molar-refractivity contribution in [2.75, 3.05) is 0 Å². The summed E-state index contributed by atoms with van der Waals surface area (Å²) in [5, 5.41) is 9.87. The Bertz CT molecular complexity index is 272. The molecule has 0 saturated carbocycles. The van der Waals surface area contributed by atoms with Gasteiger partial charge in [0.25, 0.3) is 0 Å². The Labute approximate surface area is 97.5 Å². The third-order valence-electron chi connectivity index (χ3n) is 3.47. The highest BCUT2D eigenvalue weighted by Crippen LogP contribution is 2.27. The van der Waals surface area contributed by atoms with E-state index in [1.807, 2.05) is 13.0 Å². The molecule has 1 fully saturated rings. The van der Waals surface area contributed by atoms with Gasteiger partial charge in [-0.25, -0.2) is 0 Å². The largest absolute Gasteiger partial charge is 0.457 e. The lowest BCUT2D eigenvalue weighted by atomic mass is 9.86. The third kappa shape index (κ3) is 2.85. The van der Waals surface area contributed by atoms with Crippen LogP contribution >= 0.6 is 0 Å². The van der Waals surface area contributed by atoms with E-state index in [1.54, 1.807) is 6.92 Å². The highest BCUT2D eigenvalue weighted by atomic mass is 16.5. The molecule has 3 heteroatoms. The molecular weight excluding hydrogens is 204 g/mol. The molecule has 5 atom stereocenters. The van der Waals surface area contributed by atoms with Crippen LogP contribution in [0.2, 0.25) is 0 Å². The Kier molecular flexibility index (Phi) is 4.54. The van der Waals surface area contributed by atoms with E-state index in [9.17, 15) is 9.90 Å². The fourth-order valence-electron chi connectivity index (χ4n) is 1.79. The van der Waals surface area contributed by atoms with Crippen LogP contribution in [-0.2, 0) is 9.53 Å². The molecule has 0 aromatic carbocycles. The molecule has 0 unspecified atom stereocenters. The Morgan fingerprint density at radius 1 is 1.50 bits per heavy atom. The minimum atomic E-state index is -0.604. The van der Waals surface area contributed by atoms with Crippen molar-refractivity contribution in [3.05, 3.63) is 12.2 Å². The van der Waals surface area contributed by atoms with E-state index in [-0.39, 0.29) is 18.0 Å². The molecule has 0 spiro atoms. The summed E-state index contributed by atoms with van der Waals surface area (Å²) in [6.07, 6.45) is 4.13. The van der Waals surface area contributed by atoms with Gasteiger partial charge in [-0.3, -0.25) is 4.79 Å². The van der Waals surface area contributed by atoms with Crippen molar-refractivity contribution in [1.82, 2.24) is 0 Å². The molecular formula is C13H22O3. The summed E-state index contributed by atoms with van der Waals surface area (Å²) in [6, 6.07) is 0. The molecule has 1 N–H and O–H groups in total. The van der Waals surface area contributed by atoms with Gasteiger partial charge < -0.3 is 9.84 Å². The SMILES string of the molecule is CC[C@H](C)/C=C\[C@H]1OC(=O)[C@H](C)[C@H](O)[C@@H]1C. The maximum Gasteiger partial charge on any atom is 0.311 e. The van der Waals surface area contributed by atoms with Gasteiger partial charge in [0.05, 0.1) is 12.0 Å². The van der Waals surface area contributed by atoms with Crippen molar-refractivity contribution >= 4 is 5.97 Å². The summed E-state index contributed by atoms with van der Waals surface area (Å²) in [5.74, 6) is -0.275. The number of hydrogen-bond acceptors (Lipinski definition) is 3. The third-order valence-corrected chi connectivity index (χ3v) is 3.47. The van der Waals surface area contributed by atoms with Crippen LogP contribution in [0.1, 0.15) is 34.1 Å². The lowest BCUT2D eigenvalue weighted by Crippen LogP contribution is -2.45. The van der Waals surface area contributed by atoms with E-state index < -0.39 is 12.0 Å². The first-order valence-corrected chi connectivity index (χ1v) is 6.04. The molecule has 0 aromatic heterocycles. The van der Waals surface area contributed by atoms with E-state index in [1.165, 1.54) is 0 Å². The van der Waals surface area contributed by atoms with Crippen molar-refractivity contribution in [1.29, 1.82) is 0 Å². The molecule has 0 radical (unpaired) electrons. The van der Waals surface area contributed by atoms with E-state index in [0.29, 0.717) is 5.92 Å². The van der Waals surface area contributed by atoms with Crippen LogP contribution in [0.25, 0.3) is 0 Å². The highest BCUT2D eigenvalue weighted by molar-refractivity contribution is 5.74. The summed E-state index contributed by atoms with van der Waals surface area (Å²) < 4.78 is 5.29. The van der Waals surface area contributed by atoms with E-state index in [2.05, 4.69) is 19.9 Å². The van der Waals surface area contributed by atoms with E-state index in [0.717, 1.165) is 6.42 Å². The molecule has 0 amide bonds. The predicted octanol–water partition coefficient (Wildman–Crippen LogP) is 2.15. The lowest BCUT2D eigenvalue weighted by molar-refractivity contribution is -0.172. The van der Waals surface area contributed by atoms with Crippen LogP contribution < -0.4 is 0 Å². The second kappa shape index (κ2) is 5.48. The maximum atomic E-state index is 11.5. The molecule has 3 nitrogen and oxygen atoms in total. The molecule has 1 heterocycles. The van der Waals surface area contributed by atoms with Crippen LogP contribution in [0.5, 0.6) is 0 Å². The number of carbonyl (C=O) groups excluding carboxylic acids is 1. The first-order chi connectivity index (χ1) is 7.47. The topological polar surface area (TPSA) is 46.5 Å². The van der Waals surface area contributed by atoms with Gasteiger partial charge in [-0.1, -0.05) is 33.3 Å². The number of ether oxygens (including phenoxy) is 1. The fraction of sp³-hybridized carbons (Fsp3) is 0.769.